The minimum absolute atomic E-state index is 0. The topological polar surface area (TPSA) is 350 Å². The minimum Gasteiger partial charge on any atom is -0.666 e. The van der Waals surface area contributed by atoms with Crippen LogP contribution < -0.4 is 0 Å². The molecule has 27 heteroatoms. The molecule has 6 heterocycles. The summed E-state index contributed by atoms with van der Waals surface area (Å²) in [5, 5.41) is 62.5. The van der Waals surface area contributed by atoms with Crippen molar-refractivity contribution in [2.45, 2.75) is 59.0 Å². The van der Waals surface area contributed by atoms with Crippen LogP contribution in [-0.4, -0.2) is 134 Å². The van der Waals surface area contributed by atoms with Crippen LogP contribution in [0.3, 0.4) is 0 Å². The largest absolute Gasteiger partial charge is 2.00 e. The number of benzene rings is 6. The molecular formula is C88H89N8O13Pt6-9. The van der Waals surface area contributed by atoms with Gasteiger partial charge in [0.1, 0.15) is 0 Å². The second-order valence-corrected chi connectivity index (χ2v) is 21.9. The van der Waals surface area contributed by atoms with Crippen molar-refractivity contribution in [3.05, 3.63) is 359 Å². The number of nitrogens with zero attached hydrogens (tertiary/aromatic N) is 8. The van der Waals surface area contributed by atoms with Crippen LogP contribution in [0.25, 0.3) is 78.2 Å². The van der Waals surface area contributed by atoms with Crippen LogP contribution in [0.4, 0.5) is 0 Å². The Labute approximate surface area is 761 Å². The number of hydrogen-bond donors (Lipinski definition) is 7. The van der Waals surface area contributed by atoms with E-state index in [0.29, 0.717) is 6.42 Å². The number of carbonyl (C=O) groups is 6. The molecule has 0 fully saturated rings. The van der Waals surface area contributed by atoms with Gasteiger partial charge in [-0.2, -0.15) is 47.5 Å². The molecule has 6 aromatic heterocycles. The molecule has 115 heavy (non-hydrogen) atoms. The minimum atomic E-state index is -1.82. The second kappa shape index (κ2) is 76.3. The van der Waals surface area contributed by atoms with E-state index in [1.807, 2.05) is 255 Å². The number of pyridine rings is 6. The van der Waals surface area contributed by atoms with Gasteiger partial charge in [0.05, 0.1) is 0 Å². The molecule has 0 bridgehead atoms. The maximum absolute atomic E-state index is 9.79. The summed E-state index contributed by atoms with van der Waals surface area (Å²) in [5.41, 5.74) is 10.5. The first kappa shape index (κ1) is 117. The molecule has 6 aromatic carbocycles. The van der Waals surface area contributed by atoms with Crippen LogP contribution in [-0.2, 0) is 155 Å². The molecule has 12 rings (SSSR count). The Balaban J connectivity index is -0.000000284. The average molecular weight is 2640 g/mol. The first-order valence-corrected chi connectivity index (χ1v) is 33.3. The van der Waals surface area contributed by atoms with E-state index >= 15 is 0 Å². The maximum Gasteiger partial charge on any atom is 2.00 e. The molecule has 7 N–H and O–H groups in total. The molecular weight excluding hydrogens is 2550 g/mol. The predicted molar refractivity (Wildman–Crippen MR) is 425 cm³/mol. The van der Waals surface area contributed by atoms with Gasteiger partial charge in [-0.1, -0.05) is 85.6 Å². The zero-order valence-corrected chi connectivity index (χ0v) is 77.1. The van der Waals surface area contributed by atoms with Gasteiger partial charge in [-0.05, 0) is 84.4 Å². The fraction of sp³-hybridized carbons (Fsp3) is 0.148. The molecule has 0 radical (unpaired) electrons. The van der Waals surface area contributed by atoms with Crippen LogP contribution in [0.5, 0.6) is 0 Å². The van der Waals surface area contributed by atoms with Gasteiger partial charge in [0.25, 0.3) is 11.9 Å². The van der Waals surface area contributed by atoms with E-state index in [9.17, 15) is 19.2 Å². The zero-order chi connectivity index (χ0) is 80.6. The van der Waals surface area contributed by atoms with Gasteiger partial charge in [-0.15, -0.1) is 215 Å². The normalized spacial score (nSPS) is 8.92. The number of aliphatic carboxylic acids is 6. The monoisotopic (exact) mass is 2640 g/mol. The van der Waals surface area contributed by atoms with Crippen molar-refractivity contribution in [1.29, 1.82) is 0 Å². The van der Waals surface area contributed by atoms with Gasteiger partial charge < -0.3 is 96.0 Å². The molecule has 12 aromatic rings. The fourth-order valence-corrected chi connectivity index (χ4v) is 7.10. The molecule has 0 aliphatic heterocycles. The molecule has 0 spiro atoms. The Bertz CT molecular complexity index is 3440. The Morgan fingerprint density at radius 1 is 0.357 bits per heavy atom. The molecule has 628 valence electrons. The van der Waals surface area contributed by atoms with Crippen molar-refractivity contribution in [3.8, 4) is 67.5 Å². The van der Waals surface area contributed by atoms with Crippen molar-refractivity contribution in [1.82, 2.24) is 29.9 Å². The summed E-state index contributed by atoms with van der Waals surface area (Å²) in [6, 6.07) is 101. The Morgan fingerprint density at radius 3 is 0.626 bits per heavy atom. The third kappa shape index (κ3) is 63.0. The summed E-state index contributed by atoms with van der Waals surface area (Å²) in [7, 11) is 3.59. The molecule has 0 saturated carbocycles. The third-order valence-corrected chi connectivity index (χ3v) is 12.3. The van der Waals surface area contributed by atoms with Gasteiger partial charge in [0, 0.05) is 149 Å². The summed E-state index contributed by atoms with van der Waals surface area (Å²) < 4.78 is 0. The van der Waals surface area contributed by atoms with Crippen LogP contribution in [0, 0.1) is 56.2 Å². The smallest absolute Gasteiger partial charge is 0.666 e. The molecule has 0 saturated heterocycles. The van der Waals surface area contributed by atoms with E-state index in [-0.39, 0.29) is 146 Å². The van der Waals surface area contributed by atoms with Gasteiger partial charge in [0.15, 0.2) is 5.60 Å². The summed E-state index contributed by atoms with van der Waals surface area (Å²) in [6.45, 7) is 14.2. The number of carboxylic acid groups (broad SMARTS) is 6. The number of aliphatic hydroxyl groups is 1. The van der Waals surface area contributed by atoms with E-state index in [4.69, 9.17) is 45.3 Å². The molecule has 21 nitrogen and oxygen atoms in total. The molecule has 0 unspecified atom stereocenters. The Kier molecular flexibility index (Phi) is 77.6. The van der Waals surface area contributed by atoms with Crippen molar-refractivity contribution < 1.29 is 191 Å². The van der Waals surface area contributed by atoms with Crippen molar-refractivity contribution in [2.24, 2.45) is 0 Å². The summed E-state index contributed by atoms with van der Waals surface area (Å²) in [6.07, 6.45) is 11.6. The van der Waals surface area contributed by atoms with Gasteiger partial charge in [-0.25, -0.2) is 14.4 Å². The van der Waals surface area contributed by atoms with Gasteiger partial charge in [-0.3, -0.25) is 14.4 Å². The van der Waals surface area contributed by atoms with Crippen molar-refractivity contribution in [3.63, 3.8) is 0 Å². The number of likely N-dealkylation sites (N-methyl/N-ethyl adjacent to an activating group) is 2. The van der Waals surface area contributed by atoms with Gasteiger partial charge in [0.2, 0.25) is 0 Å². The standard InChI is InChI=1S/6C11H8N.C5H9O2.C4H10N2.C4H8O3.C4H7O2.C3H5O2.C2H2O4.6Pt/c6*1-2-6-10(7-3-1)11-8-4-5-9-12-11;1-4(2)3-5(6)7;1-5-3-4-6-2;1-4(2,7)3(5)6;1-2-3-4(5)6;1-2-3(4)5;3-1(4)2(5)6;;;;;;/h6*1-6,8-9H;3H2,1-2H3,(H,6,7);3-4H2,1-2H3;7H,1-2H3,(H,5,6);1-3H2,(H,5,6);1-2H2,(H,4,5);(H,3,4)(H,5,6);;;;;;/q7*-1;-2;;2*-1;;;;;;;+2. The van der Waals surface area contributed by atoms with Crippen LogP contribution in [0.2, 0.25) is 0 Å². The number of hydrogen-bond acceptors (Lipinski definition) is 13. The molecule has 0 aliphatic carbocycles. The van der Waals surface area contributed by atoms with Crippen molar-refractivity contribution in [2.75, 3.05) is 27.2 Å². The number of aromatic nitrogens is 6. The van der Waals surface area contributed by atoms with Crippen LogP contribution >= 0.6 is 0 Å². The third-order valence-electron chi connectivity index (χ3n) is 12.3. The van der Waals surface area contributed by atoms with Crippen LogP contribution in [0.1, 0.15) is 53.4 Å². The van der Waals surface area contributed by atoms with E-state index in [1.165, 1.54) is 13.8 Å². The van der Waals surface area contributed by atoms with E-state index in [1.54, 1.807) is 65.1 Å². The summed E-state index contributed by atoms with van der Waals surface area (Å²) >= 11 is 0. The van der Waals surface area contributed by atoms with Crippen molar-refractivity contribution >= 4 is 35.8 Å². The second-order valence-electron chi connectivity index (χ2n) is 21.9. The fourth-order valence-electron chi connectivity index (χ4n) is 7.10. The molecule has 0 aliphatic rings. The predicted octanol–water partition coefficient (Wildman–Crippen LogP) is 17.3. The van der Waals surface area contributed by atoms with Gasteiger partial charge >= 0.3 is 44.9 Å². The van der Waals surface area contributed by atoms with Crippen LogP contribution in [0.15, 0.2) is 292 Å². The number of rotatable bonds is 15. The maximum atomic E-state index is 9.79. The van der Waals surface area contributed by atoms with E-state index in [0.717, 1.165) is 86.6 Å². The van der Waals surface area contributed by atoms with E-state index < -0.39 is 41.4 Å². The quantitative estimate of drug-likeness (QED) is 0.0285. The summed E-state index contributed by atoms with van der Waals surface area (Å²) in [4.78, 5) is 81.9. The number of carboxylic acids is 6. The average Bonchev–Trinajstić information content (AvgIpc) is 0.919. The molecule has 0 atom stereocenters. The zero-order valence-electron chi connectivity index (χ0n) is 63.4. The Morgan fingerprint density at radius 2 is 0.548 bits per heavy atom. The molecule has 0 amide bonds. The summed E-state index contributed by atoms with van der Waals surface area (Å²) in [5.74, 6) is -6.29. The first-order chi connectivity index (χ1) is 52.5. The Hall–Kier alpha value is -8.95. The van der Waals surface area contributed by atoms with E-state index in [2.05, 4.69) is 90.8 Å². The SMILES string of the molecule is CC(C)(O)C(=O)O.C[C-](C)CC(=O)O.C[N-]CC[N-]C.O=C(O)C(=O)O.[CH2-]CC(=O)O.[CH2-]CCC(=O)O.[Pt+2].[Pt].[Pt].[Pt].[Pt].[Pt].[c-]1ccccc1-c1ccccn1.[c-]1ccccc1-c1ccccn1.[c-]1ccccc1-c1ccccn1.[c-]1ccccc1-c1ccccn1.[c-]1ccccc1-c1ccccn1.[c-]1ccccc1-c1ccccn1. The first-order valence-electron chi connectivity index (χ1n) is 33.3.